The number of aromatic amines is 1. The second-order valence-electron chi connectivity index (χ2n) is 3.76. The topological polar surface area (TPSA) is 95.1 Å². The normalized spacial score (nSPS) is 10.1. The van der Waals surface area contributed by atoms with Gasteiger partial charge in [-0.25, -0.2) is 4.79 Å². The molecule has 0 unspecified atom stereocenters. The minimum absolute atomic E-state index is 0.125. The molecular weight excluding hydrogens is 234 g/mol. The average molecular weight is 245 g/mol. The lowest BCUT2D eigenvalue weighted by molar-refractivity contribution is 0.0696. The number of aromatic nitrogens is 2. The maximum atomic E-state index is 11.8. The number of aryl methyl sites for hydroxylation is 1. The summed E-state index contributed by atoms with van der Waals surface area (Å²) in [5.74, 6) is -1.40. The summed E-state index contributed by atoms with van der Waals surface area (Å²) >= 11 is 0. The molecule has 0 aliphatic heterocycles. The predicted molar refractivity (Wildman–Crippen MR) is 64.7 cm³/mol. The number of aromatic carboxylic acids is 1. The molecule has 3 N–H and O–H groups in total. The molecule has 0 aliphatic rings. The van der Waals surface area contributed by atoms with Crippen molar-refractivity contribution in [1.82, 2.24) is 10.2 Å². The molecule has 1 amide bonds. The Labute approximate surface area is 103 Å². The number of benzene rings is 1. The molecule has 92 valence electrons. The van der Waals surface area contributed by atoms with Crippen LogP contribution in [0.5, 0.6) is 0 Å². The van der Waals surface area contributed by atoms with E-state index in [1.807, 2.05) is 0 Å². The average Bonchev–Trinajstić information content (AvgIpc) is 2.85. The summed E-state index contributed by atoms with van der Waals surface area (Å²) in [5.41, 5.74) is 1.69. The minimum Gasteiger partial charge on any atom is -0.478 e. The largest absolute Gasteiger partial charge is 0.478 e. The smallest absolute Gasteiger partial charge is 0.335 e. The summed E-state index contributed by atoms with van der Waals surface area (Å²) in [5, 5.41) is 17.7. The molecule has 0 fully saturated rings. The van der Waals surface area contributed by atoms with Gasteiger partial charge in [0.1, 0.15) is 5.69 Å². The fraction of sp³-hybridized carbons (Fsp3) is 0.0833. The van der Waals surface area contributed by atoms with Gasteiger partial charge in [-0.1, -0.05) is 6.07 Å². The third-order valence-electron chi connectivity index (χ3n) is 2.48. The van der Waals surface area contributed by atoms with Gasteiger partial charge >= 0.3 is 5.97 Å². The Bertz CT molecular complexity index is 591. The number of amides is 1. The molecule has 0 saturated carbocycles. The van der Waals surface area contributed by atoms with Crippen LogP contribution in [0.25, 0.3) is 0 Å². The van der Waals surface area contributed by atoms with Crippen LogP contribution in [-0.2, 0) is 0 Å². The molecule has 2 aromatic rings. The molecule has 0 saturated heterocycles. The van der Waals surface area contributed by atoms with Gasteiger partial charge in [-0.05, 0) is 30.7 Å². The van der Waals surface area contributed by atoms with Gasteiger partial charge in [0.25, 0.3) is 5.91 Å². The molecule has 6 heteroatoms. The first kappa shape index (κ1) is 11.8. The molecule has 2 rings (SSSR count). The molecule has 1 aromatic carbocycles. The van der Waals surface area contributed by atoms with Crippen molar-refractivity contribution in [3.8, 4) is 0 Å². The third-order valence-corrected chi connectivity index (χ3v) is 2.48. The number of anilines is 1. The molecule has 18 heavy (non-hydrogen) atoms. The van der Waals surface area contributed by atoms with E-state index in [2.05, 4.69) is 15.5 Å². The van der Waals surface area contributed by atoms with Crippen LogP contribution in [0.2, 0.25) is 0 Å². The summed E-state index contributed by atoms with van der Waals surface area (Å²) in [6, 6.07) is 6.09. The van der Waals surface area contributed by atoms with Crippen LogP contribution >= 0.6 is 0 Å². The van der Waals surface area contributed by atoms with E-state index < -0.39 is 5.97 Å². The van der Waals surface area contributed by atoms with Gasteiger partial charge in [0.2, 0.25) is 0 Å². The standard InChI is InChI=1S/C12H11N3O3/c1-7-2-3-8(12(17)18)6-10(7)14-11(16)9-4-5-13-15-9/h2-6H,1H3,(H,13,15)(H,14,16)(H,17,18). The minimum atomic E-state index is -1.04. The summed E-state index contributed by atoms with van der Waals surface area (Å²) in [6.45, 7) is 1.79. The quantitative estimate of drug-likeness (QED) is 0.766. The molecule has 0 spiro atoms. The SMILES string of the molecule is Cc1ccc(C(=O)O)cc1NC(=O)c1ccn[nH]1. The Morgan fingerprint density at radius 1 is 1.33 bits per heavy atom. The van der Waals surface area contributed by atoms with E-state index >= 15 is 0 Å². The first-order chi connectivity index (χ1) is 8.58. The number of carboxylic acids is 1. The van der Waals surface area contributed by atoms with Gasteiger partial charge in [-0.15, -0.1) is 0 Å². The van der Waals surface area contributed by atoms with Crippen LogP contribution in [-0.4, -0.2) is 27.2 Å². The van der Waals surface area contributed by atoms with Crippen molar-refractivity contribution in [2.45, 2.75) is 6.92 Å². The number of carbonyl (C=O) groups is 2. The van der Waals surface area contributed by atoms with Crippen molar-refractivity contribution in [2.75, 3.05) is 5.32 Å². The van der Waals surface area contributed by atoms with Crippen molar-refractivity contribution in [3.05, 3.63) is 47.3 Å². The zero-order valence-electron chi connectivity index (χ0n) is 9.60. The van der Waals surface area contributed by atoms with Gasteiger partial charge in [0.05, 0.1) is 5.56 Å². The number of hydrogen-bond donors (Lipinski definition) is 3. The van der Waals surface area contributed by atoms with Gasteiger partial charge < -0.3 is 10.4 Å². The van der Waals surface area contributed by atoms with E-state index in [0.29, 0.717) is 11.4 Å². The lowest BCUT2D eigenvalue weighted by Crippen LogP contribution is -2.14. The summed E-state index contributed by atoms with van der Waals surface area (Å²) in [6.07, 6.45) is 1.47. The summed E-state index contributed by atoms with van der Waals surface area (Å²) in [4.78, 5) is 22.6. The number of rotatable bonds is 3. The van der Waals surface area contributed by atoms with Crippen LogP contribution in [0.1, 0.15) is 26.4 Å². The van der Waals surface area contributed by atoms with Crippen LogP contribution in [0.4, 0.5) is 5.69 Å². The molecule has 0 radical (unpaired) electrons. The number of hydrogen-bond acceptors (Lipinski definition) is 3. The monoisotopic (exact) mass is 245 g/mol. The van der Waals surface area contributed by atoms with E-state index in [9.17, 15) is 9.59 Å². The Hall–Kier alpha value is -2.63. The fourth-order valence-corrected chi connectivity index (χ4v) is 1.46. The first-order valence-corrected chi connectivity index (χ1v) is 5.22. The molecule has 0 aliphatic carbocycles. The molecule has 6 nitrogen and oxygen atoms in total. The molecule has 1 heterocycles. The second kappa shape index (κ2) is 4.70. The Morgan fingerprint density at radius 2 is 2.11 bits per heavy atom. The first-order valence-electron chi connectivity index (χ1n) is 5.22. The Morgan fingerprint density at radius 3 is 2.72 bits per heavy atom. The van der Waals surface area contributed by atoms with E-state index in [1.165, 1.54) is 24.4 Å². The number of H-pyrrole nitrogens is 1. The van der Waals surface area contributed by atoms with Crippen LogP contribution in [0.15, 0.2) is 30.5 Å². The lowest BCUT2D eigenvalue weighted by atomic mass is 10.1. The van der Waals surface area contributed by atoms with Gasteiger partial charge in [0, 0.05) is 11.9 Å². The van der Waals surface area contributed by atoms with Crippen LogP contribution in [0.3, 0.4) is 0 Å². The molecule has 0 bridgehead atoms. The van der Waals surface area contributed by atoms with Gasteiger partial charge in [0.15, 0.2) is 0 Å². The molecular formula is C12H11N3O3. The van der Waals surface area contributed by atoms with Crippen molar-refractivity contribution in [3.63, 3.8) is 0 Å². The number of nitrogens with zero attached hydrogens (tertiary/aromatic N) is 1. The van der Waals surface area contributed by atoms with Gasteiger partial charge in [-0.2, -0.15) is 5.10 Å². The highest BCUT2D eigenvalue weighted by Gasteiger charge is 2.11. The van der Waals surface area contributed by atoms with E-state index in [-0.39, 0.29) is 11.5 Å². The highest BCUT2D eigenvalue weighted by Crippen LogP contribution is 2.17. The van der Waals surface area contributed by atoms with E-state index in [4.69, 9.17) is 5.11 Å². The molecule has 0 atom stereocenters. The highest BCUT2D eigenvalue weighted by molar-refractivity contribution is 6.03. The Kier molecular flexibility index (Phi) is 3.09. The molecule has 1 aromatic heterocycles. The zero-order chi connectivity index (χ0) is 13.1. The number of nitrogens with one attached hydrogen (secondary N) is 2. The fourth-order valence-electron chi connectivity index (χ4n) is 1.46. The van der Waals surface area contributed by atoms with Crippen molar-refractivity contribution >= 4 is 17.6 Å². The van der Waals surface area contributed by atoms with Gasteiger partial charge in [-0.3, -0.25) is 9.89 Å². The highest BCUT2D eigenvalue weighted by atomic mass is 16.4. The Balaban J connectivity index is 2.26. The maximum Gasteiger partial charge on any atom is 0.335 e. The van der Waals surface area contributed by atoms with E-state index in [1.54, 1.807) is 13.0 Å². The second-order valence-corrected chi connectivity index (χ2v) is 3.76. The third kappa shape index (κ3) is 2.37. The van der Waals surface area contributed by atoms with E-state index in [0.717, 1.165) is 5.56 Å². The zero-order valence-corrected chi connectivity index (χ0v) is 9.60. The van der Waals surface area contributed by atoms with Crippen LogP contribution in [0, 0.1) is 6.92 Å². The summed E-state index contributed by atoms with van der Waals surface area (Å²) < 4.78 is 0. The predicted octanol–water partition coefficient (Wildman–Crippen LogP) is 1.67. The maximum absolute atomic E-state index is 11.8. The van der Waals surface area contributed by atoms with Crippen molar-refractivity contribution in [2.24, 2.45) is 0 Å². The lowest BCUT2D eigenvalue weighted by Gasteiger charge is -2.08. The summed E-state index contributed by atoms with van der Waals surface area (Å²) in [7, 11) is 0. The number of carbonyl (C=O) groups excluding carboxylic acids is 1. The van der Waals surface area contributed by atoms with Crippen molar-refractivity contribution in [1.29, 1.82) is 0 Å². The number of carboxylic acid groups (broad SMARTS) is 1. The van der Waals surface area contributed by atoms with Crippen molar-refractivity contribution < 1.29 is 14.7 Å². The van der Waals surface area contributed by atoms with Crippen LogP contribution < -0.4 is 5.32 Å².